The Morgan fingerprint density at radius 2 is 0.818 bits per heavy atom. The molecule has 8 aromatic rings. The van der Waals surface area contributed by atoms with E-state index < -0.39 is 0 Å². The zero-order valence-corrected chi connectivity index (χ0v) is 36.1. The molecule has 5 heteroatoms. The molecular weight excluding hydrogens is 747 g/mol. The Kier molecular flexibility index (Phi) is 13.9. The summed E-state index contributed by atoms with van der Waals surface area (Å²) >= 11 is 0. The SMILES string of the molecule is Cc1ccc(-c2cc3c(-c4ccc(C(C)(C)C)cc4)cccc3[cH-]2)nc1.Cc1ccc(-c2cc3c(-c4ccc(C(C)(C)C)cc4)cccc3[cH-]2)nc1.[Cl-].[Cl-].[Ti+4]. The molecule has 0 aliphatic rings. The van der Waals surface area contributed by atoms with Gasteiger partial charge in [0.05, 0.1) is 0 Å². The Hall–Kier alpha value is -4.31. The first-order valence-electron chi connectivity index (χ1n) is 18.3. The first kappa shape index (κ1) is 43.4. The van der Waals surface area contributed by atoms with Crippen LogP contribution in [0.1, 0.15) is 63.8 Å². The summed E-state index contributed by atoms with van der Waals surface area (Å²) < 4.78 is 0. The summed E-state index contributed by atoms with van der Waals surface area (Å²) in [5.74, 6) is 0. The van der Waals surface area contributed by atoms with E-state index in [2.05, 4.69) is 199 Å². The van der Waals surface area contributed by atoms with E-state index in [1.165, 1.54) is 77.2 Å². The molecule has 0 aliphatic heterocycles. The van der Waals surface area contributed by atoms with Crippen molar-refractivity contribution in [3.8, 4) is 44.8 Å². The maximum Gasteiger partial charge on any atom is 4.00 e. The minimum atomic E-state index is 0. The Balaban J connectivity index is 0.000000232. The van der Waals surface area contributed by atoms with Crippen molar-refractivity contribution >= 4 is 21.5 Å². The summed E-state index contributed by atoms with van der Waals surface area (Å²) in [6.45, 7) is 17.6. The van der Waals surface area contributed by atoms with E-state index in [1.54, 1.807) is 0 Å². The van der Waals surface area contributed by atoms with Gasteiger partial charge in [-0.15, -0.1) is 69.1 Å². The van der Waals surface area contributed by atoms with Gasteiger partial charge >= 0.3 is 21.7 Å². The van der Waals surface area contributed by atoms with Crippen LogP contribution in [0.5, 0.6) is 0 Å². The maximum absolute atomic E-state index is 4.58. The summed E-state index contributed by atoms with van der Waals surface area (Å²) in [7, 11) is 0. The van der Waals surface area contributed by atoms with E-state index in [9.17, 15) is 0 Å². The number of rotatable bonds is 4. The predicted octanol–water partition coefficient (Wildman–Crippen LogP) is 7.79. The van der Waals surface area contributed by atoms with Crippen molar-refractivity contribution in [3.63, 3.8) is 0 Å². The van der Waals surface area contributed by atoms with Crippen molar-refractivity contribution in [2.75, 3.05) is 0 Å². The number of fused-ring (bicyclic) bond motifs is 2. The zero-order chi connectivity index (χ0) is 36.6. The molecule has 0 fully saturated rings. The fourth-order valence-electron chi connectivity index (χ4n) is 6.85. The second-order valence-corrected chi connectivity index (χ2v) is 16.2. The normalized spacial score (nSPS) is 11.2. The van der Waals surface area contributed by atoms with Crippen molar-refractivity contribution in [1.82, 2.24) is 9.97 Å². The fraction of sp³-hybridized carbons (Fsp3) is 0.200. The standard InChI is InChI=1S/2C25H24N.2ClH.Ti/c2*1-17-8-13-24(26-16-17)20-14-19-6-5-7-22(23(19)15-20)18-9-11-21(12-10-18)25(2,3)4;;;/h2*5-16H,1-4H3;2*1H;/q2*-1;;;+4/p-2. The number of pyridine rings is 2. The van der Waals surface area contributed by atoms with Crippen LogP contribution in [-0.4, -0.2) is 9.97 Å². The zero-order valence-electron chi connectivity index (χ0n) is 33.0. The molecule has 0 bridgehead atoms. The quantitative estimate of drug-likeness (QED) is 0.134. The minimum Gasteiger partial charge on any atom is -1.00 e. The first-order valence-corrected chi connectivity index (χ1v) is 18.3. The second-order valence-electron chi connectivity index (χ2n) is 16.2. The molecule has 2 heterocycles. The summed E-state index contributed by atoms with van der Waals surface area (Å²) in [4.78, 5) is 9.17. The van der Waals surface area contributed by atoms with Gasteiger partial charge in [-0.3, -0.25) is 9.97 Å². The summed E-state index contributed by atoms with van der Waals surface area (Å²) in [5.41, 5.74) is 14.9. The van der Waals surface area contributed by atoms with Crippen LogP contribution in [0.2, 0.25) is 0 Å². The van der Waals surface area contributed by atoms with Crippen LogP contribution in [0, 0.1) is 13.8 Å². The molecule has 0 amide bonds. The average Bonchev–Trinajstić information content (AvgIpc) is 3.77. The van der Waals surface area contributed by atoms with Gasteiger partial charge in [-0.05, 0) is 58.1 Å². The van der Waals surface area contributed by atoms with Crippen molar-refractivity contribution in [3.05, 3.63) is 168 Å². The number of aryl methyl sites for hydroxylation is 2. The summed E-state index contributed by atoms with van der Waals surface area (Å²) in [6, 6.07) is 48.5. The van der Waals surface area contributed by atoms with Crippen LogP contribution in [0.25, 0.3) is 66.3 Å². The Morgan fingerprint density at radius 1 is 0.455 bits per heavy atom. The molecule has 0 saturated heterocycles. The van der Waals surface area contributed by atoms with E-state index in [0.717, 1.165) is 11.4 Å². The number of halogens is 2. The van der Waals surface area contributed by atoms with Crippen LogP contribution in [0.3, 0.4) is 0 Å². The van der Waals surface area contributed by atoms with Crippen molar-refractivity contribution in [1.29, 1.82) is 0 Å². The van der Waals surface area contributed by atoms with Gasteiger partial charge in [0.15, 0.2) is 0 Å². The first-order chi connectivity index (χ1) is 24.8. The van der Waals surface area contributed by atoms with E-state index in [0.29, 0.717) is 0 Å². The molecule has 2 aromatic heterocycles. The largest absolute Gasteiger partial charge is 4.00 e. The van der Waals surface area contributed by atoms with Gasteiger partial charge in [-0.2, -0.15) is 0 Å². The van der Waals surface area contributed by atoms with Gasteiger partial charge < -0.3 is 24.8 Å². The number of aromatic nitrogens is 2. The number of hydrogen-bond donors (Lipinski definition) is 0. The molecule has 0 aliphatic carbocycles. The monoisotopic (exact) mass is 794 g/mol. The van der Waals surface area contributed by atoms with Crippen LogP contribution >= 0.6 is 0 Å². The Bertz CT molecular complexity index is 2280. The van der Waals surface area contributed by atoms with Crippen LogP contribution in [0.4, 0.5) is 0 Å². The third-order valence-corrected chi connectivity index (χ3v) is 10.0. The van der Waals surface area contributed by atoms with Crippen LogP contribution in [0.15, 0.2) is 146 Å². The molecule has 0 unspecified atom stereocenters. The number of hydrogen-bond acceptors (Lipinski definition) is 2. The summed E-state index contributed by atoms with van der Waals surface area (Å²) in [6.07, 6.45) is 3.86. The third-order valence-electron chi connectivity index (χ3n) is 10.0. The molecule has 0 saturated carbocycles. The van der Waals surface area contributed by atoms with Crippen LogP contribution in [-0.2, 0) is 32.5 Å². The molecular formula is C50H48Cl2N2Ti. The molecule has 276 valence electrons. The fourth-order valence-corrected chi connectivity index (χ4v) is 6.85. The second kappa shape index (κ2) is 17.7. The van der Waals surface area contributed by atoms with Crippen molar-refractivity contribution in [2.45, 2.75) is 66.2 Å². The predicted molar refractivity (Wildman–Crippen MR) is 223 cm³/mol. The summed E-state index contributed by atoms with van der Waals surface area (Å²) in [5, 5.41) is 5.10. The average molecular weight is 796 g/mol. The topological polar surface area (TPSA) is 25.8 Å². The number of nitrogens with zero attached hydrogens (tertiary/aromatic N) is 2. The molecule has 0 atom stereocenters. The number of benzene rings is 4. The maximum atomic E-state index is 4.58. The van der Waals surface area contributed by atoms with Crippen molar-refractivity contribution < 1.29 is 46.5 Å². The van der Waals surface area contributed by atoms with Gasteiger partial charge in [0.2, 0.25) is 0 Å². The van der Waals surface area contributed by atoms with E-state index in [-0.39, 0.29) is 57.4 Å². The van der Waals surface area contributed by atoms with E-state index >= 15 is 0 Å². The van der Waals surface area contributed by atoms with E-state index in [4.69, 9.17) is 0 Å². The Morgan fingerprint density at radius 3 is 1.13 bits per heavy atom. The molecule has 2 nitrogen and oxygen atoms in total. The van der Waals surface area contributed by atoms with Gasteiger partial charge in [-0.1, -0.05) is 150 Å². The third kappa shape index (κ3) is 9.75. The molecule has 0 radical (unpaired) electrons. The smallest absolute Gasteiger partial charge is 1.00 e. The van der Waals surface area contributed by atoms with Crippen molar-refractivity contribution in [2.24, 2.45) is 0 Å². The van der Waals surface area contributed by atoms with Crippen LogP contribution < -0.4 is 24.8 Å². The van der Waals surface area contributed by atoms with Gasteiger partial charge in [0, 0.05) is 23.8 Å². The van der Waals surface area contributed by atoms with Gasteiger partial charge in [0.25, 0.3) is 0 Å². The molecule has 8 rings (SSSR count). The molecule has 0 spiro atoms. The Labute approximate surface area is 354 Å². The van der Waals surface area contributed by atoms with Gasteiger partial charge in [-0.25, -0.2) is 0 Å². The molecule has 55 heavy (non-hydrogen) atoms. The van der Waals surface area contributed by atoms with Gasteiger partial charge in [0.1, 0.15) is 0 Å². The minimum absolute atomic E-state index is 0. The van der Waals surface area contributed by atoms with E-state index in [1.807, 2.05) is 12.4 Å². The molecule has 0 N–H and O–H groups in total. The molecule has 6 aromatic carbocycles.